The van der Waals surface area contributed by atoms with Crippen molar-refractivity contribution in [2.24, 2.45) is 5.92 Å². The summed E-state index contributed by atoms with van der Waals surface area (Å²) >= 11 is 0. The molecule has 5 nitrogen and oxygen atoms in total. The predicted octanol–water partition coefficient (Wildman–Crippen LogP) is 2.65. The quantitative estimate of drug-likeness (QED) is 0.818. The molecule has 1 amide bonds. The second-order valence-corrected chi connectivity index (χ2v) is 5.73. The molecule has 0 aliphatic carbocycles. The molecule has 0 saturated carbocycles. The third-order valence-electron chi connectivity index (χ3n) is 4.15. The van der Waals surface area contributed by atoms with E-state index in [4.69, 9.17) is 4.74 Å². The van der Waals surface area contributed by atoms with Crippen LogP contribution >= 0.6 is 0 Å². The molecule has 2 heterocycles. The van der Waals surface area contributed by atoms with E-state index in [1.54, 1.807) is 17.9 Å². The van der Waals surface area contributed by atoms with E-state index < -0.39 is 0 Å². The monoisotopic (exact) mass is 312 g/mol. The number of ether oxygens (including phenoxy) is 1. The van der Waals surface area contributed by atoms with Crippen LogP contribution < -0.4 is 0 Å². The summed E-state index contributed by atoms with van der Waals surface area (Å²) in [6.45, 7) is 3.23. The molecule has 120 valence electrons. The molecular formula is C18H20N2O3. The fourth-order valence-corrected chi connectivity index (χ4v) is 2.96. The van der Waals surface area contributed by atoms with Crippen LogP contribution in [0.4, 0.5) is 0 Å². The molecule has 3 rings (SSSR count). The van der Waals surface area contributed by atoms with Gasteiger partial charge in [-0.15, -0.1) is 0 Å². The first-order chi connectivity index (χ1) is 11.2. The summed E-state index contributed by atoms with van der Waals surface area (Å²) in [6, 6.07) is 11.4. The summed E-state index contributed by atoms with van der Waals surface area (Å²) in [5, 5.41) is 1.01. The number of hydrogen-bond acceptors (Lipinski definition) is 4. The van der Waals surface area contributed by atoms with Crippen molar-refractivity contribution in [2.75, 3.05) is 19.7 Å². The number of fused-ring (bicyclic) bond motifs is 1. The number of nitrogens with zero attached hydrogens (tertiary/aromatic N) is 2. The van der Waals surface area contributed by atoms with Crippen LogP contribution in [-0.4, -0.2) is 41.5 Å². The molecule has 1 saturated heterocycles. The molecule has 5 heteroatoms. The van der Waals surface area contributed by atoms with Gasteiger partial charge in [-0.25, -0.2) is 4.98 Å². The lowest BCUT2D eigenvalue weighted by molar-refractivity contribution is -0.149. The molecule has 1 aliphatic rings. The number of para-hydroxylation sites is 1. The number of carbonyl (C=O) groups is 2. The lowest BCUT2D eigenvalue weighted by Gasteiger charge is -2.31. The van der Waals surface area contributed by atoms with E-state index in [1.807, 2.05) is 30.3 Å². The first-order valence-corrected chi connectivity index (χ1v) is 8.00. The highest BCUT2D eigenvalue weighted by Gasteiger charge is 2.30. The molecule has 1 fully saturated rings. The molecule has 23 heavy (non-hydrogen) atoms. The summed E-state index contributed by atoms with van der Waals surface area (Å²) in [6.07, 6.45) is 1.58. The van der Waals surface area contributed by atoms with Crippen LogP contribution in [0, 0.1) is 5.92 Å². The van der Waals surface area contributed by atoms with Crippen LogP contribution in [0.5, 0.6) is 0 Å². The molecule has 1 aliphatic heterocycles. The minimum atomic E-state index is -0.229. The summed E-state index contributed by atoms with van der Waals surface area (Å²) in [7, 11) is 0. The molecular weight excluding hydrogens is 292 g/mol. The number of piperidine rings is 1. The number of aromatic nitrogens is 1. The largest absolute Gasteiger partial charge is 0.466 e. The van der Waals surface area contributed by atoms with Gasteiger partial charge in [0, 0.05) is 18.5 Å². The molecule has 1 aromatic carbocycles. The maximum Gasteiger partial charge on any atom is 0.310 e. The Morgan fingerprint density at radius 1 is 1.26 bits per heavy atom. The Morgan fingerprint density at radius 3 is 2.91 bits per heavy atom. The molecule has 0 radical (unpaired) electrons. The number of amides is 1. The molecule has 0 unspecified atom stereocenters. The van der Waals surface area contributed by atoms with Crippen LogP contribution in [0.15, 0.2) is 36.4 Å². The van der Waals surface area contributed by atoms with Gasteiger partial charge < -0.3 is 9.64 Å². The molecule has 1 aromatic heterocycles. The topological polar surface area (TPSA) is 59.5 Å². The van der Waals surface area contributed by atoms with Crippen molar-refractivity contribution < 1.29 is 14.3 Å². The van der Waals surface area contributed by atoms with Gasteiger partial charge in [0.05, 0.1) is 18.0 Å². The van der Waals surface area contributed by atoms with Gasteiger partial charge in [0.1, 0.15) is 5.69 Å². The van der Waals surface area contributed by atoms with Crippen LogP contribution in [0.25, 0.3) is 10.9 Å². The Hall–Kier alpha value is -2.43. The number of benzene rings is 1. The standard InChI is InChI=1S/C18H20N2O3/c1-2-23-18(22)14-7-5-11-20(12-14)17(21)16-10-9-13-6-3-4-8-15(13)19-16/h3-4,6,8-10,14H,2,5,7,11-12H2,1H3/t14-/m0/s1. The average molecular weight is 312 g/mol. The van der Waals surface area contributed by atoms with Crippen molar-refractivity contribution in [3.63, 3.8) is 0 Å². The lowest BCUT2D eigenvalue weighted by Crippen LogP contribution is -2.43. The van der Waals surface area contributed by atoms with Crippen LogP contribution in [0.1, 0.15) is 30.3 Å². The zero-order valence-electron chi connectivity index (χ0n) is 13.2. The molecule has 0 bridgehead atoms. The Balaban J connectivity index is 1.77. The maximum atomic E-state index is 12.7. The fourth-order valence-electron chi connectivity index (χ4n) is 2.96. The summed E-state index contributed by atoms with van der Waals surface area (Å²) in [4.78, 5) is 30.7. The summed E-state index contributed by atoms with van der Waals surface area (Å²) in [5.41, 5.74) is 1.23. The highest BCUT2D eigenvalue weighted by molar-refractivity contribution is 5.95. The number of rotatable bonds is 3. The zero-order chi connectivity index (χ0) is 16.2. The minimum Gasteiger partial charge on any atom is -0.466 e. The van der Waals surface area contributed by atoms with Crippen LogP contribution in [0.3, 0.4) is 0 Å². The molecule has 1 atom stereocenters. The average Bonchev–Trinajstić information content (AvgIpc) is 2.61. The number of likely N-dealkylation sites (tertiary alicyclic amines) is 1. The Morgan fingerprint density at radius 2 is 2.09 bits per heavy atom. The van der Waals surface area contributed by atoms with Gasteiger partial charge in [-0.05, 0) is 31.9 Å². The van der Waals surface area contributed by atoms with Crippen molar-refractivity contribution >= 4 is 22.8 Å². The SMILES string of the molecule is CCOC(=O)[C@H]1CCCN(C(=O)c2ccc3ccccc3n2)C1. The maximum absolute atomic E-state index is 12.7. The number of carbonyl (C=O) groups excluding carboxylic acids is 2. The van der Waals surface area contributed by atoms with Gasteiger partial charge in [-0.2, -0.15) is 0 Å². The third-order valence-corrected chi connectivity index (χ3v) is 4.15. The number of pyridine rings is 1. The Kier molecular flexibility index (Phi) is 4.55. The molecule has 2 aromatic rings. The van der Waals surface area contributed by atoms with Crippen LogP contribution in [-0.2, 0) is 9.53 Å². The minimum absolute atomic E-state index is 0.121. The van der Waals surface area contributed by atoms with Crippen LogP contribution in [0.2, 0.25) is 0 Å². The first kappa shape index (κ1) is 15.5. The third kappa shape index (κ3) is 3.33. The highest BCUT2D eigenvalue weighted by atomic mass is 16.5. The molecule has 0 N–H and O–H groups in total. The number of esters is 1. The Bertz CT molecular complexity index is 729. The summed E-state index contributed by atoms with van der Waals surface area (Å²) in [5.74, 6) is -0.561. The van der Waals surface area contributed by atoms with Gasteiger partial charge in [-0.1, -0.05) is 24.3 Å². The van der Waals surface area contributed by atoms with Gasteiger partial charge in [0.2, 0.25) is 0 Å². The van der Waals surface area contributed by atoms with Crippen molar-refractivity contribution in [3.8, 4) is 0 Å². The van der Waals surface area contributed by atoms with E-state index in [-0.39, 0.29) is 17.8 Å². The summed E-state index contributed by atoms with van der Waals surface area (Å²) < 4.78 is 5.08. The van der Waals surface area contributed by atoms with E-state index in [1.165, 1.54) is 0 Å². The number of hydrogen-bond donors (Lipinski definition) is 0. The van der Waals surface area contributed by atoms with Gasteiger partial charge in [0.15, 0.2) is 0 Å². The lowest BCUT2D eigenvalue weighted by atomic mass is 9.98. The van der Waals surface area contributed by atoms with E-state index in [2.05, 4.69) is 4.98 Å². The van der Waals surface area contributed by atoms with Crippen molar-refractivity contribution in [1.82, 2.24) is 9.88 Å². The van der Waals surface area contributed by atoms with E-state index >= 15 is 0 Å². The van der Waals surface area contributed by atoms with Gasteiger partial charge in [-0.3, -0.25) is 9.59 Å². The predicted molar refractivity (Wildman–Crippen MR) is 87.0 cm³/mol. The smallest absolute Gasteiger partial charge is 0.310 e. The van der Waals surface area contributed by atoms with E-state index in [0.29, 0.717) is 25.4 Å². The fraction of sp³-hybridized carbons (Fsp3) is 0.389. The van der Waals surface area contributed by atoms with Gasteiger partial charge in [0.25, 0.3) is 5.91 Å². The van der Waals surface area contributed by atoms with Crippen molar-refractivity contribution in [3.05, 3.63) is 42.1 Å². The Labute approximate surface area is 135 Å². The van der Waals surface area contributed by atoms with Crippen molar-refractivity contribution in [2.45, 2.75) is 19.8 Å². The van der Waals surface area contributed by atoms with E-state index in [9.17, 15) is 9.59 Å². The van der Waals surface area contributed by atoms with E-state index in [0.717, 1.165) is 23.7 Å². The highest BCUT2D eigenvalue weighted by Crippen LogP contribution is 2.20. The van der Waals surface area contributed by atoms with Gasteiger partial charge >= 0.3 is 5.97 Å². The van der Waals surface area contributed by atoms with Crippen molar-refractivity contribution in [1.29, 1.82) is 0 Å². The first-order valence-electron chi connectivity index (χ1n) is 8.00. The second-order valence-electron chi connectivity index (χ2n) is 5.73. The second kappa shape index (κ2) is 6.77. The molecule has 0 spiro atoms. The normalized spacial score (nSPS) is 18.0. The zero-order valence-corrected chi connectivity index (χ0v) is 13.2.